The van der Waals surface area contributed by atoms with Gasteiger partial charge in [0.1, 0.15) is 12.4 Å². The highest BCUT2D eigenvalue weighted by Gasteiger charge is 2.08. The van der Waals surface area contributed by atoms with Gasteiger partial charge >= 0.3 is 5.97 Å². The van der Waals surface area contributed by atoms with E-state index in [1.54, 1.807) is 18.2 Å². The molecule has 2 rings (SSSR count). The van der Waals surface area contributed by atoms with E-state index >= 15 is 0 Å². The van der Waals surface area contributed by atoms with E-state index in [9.17, 15) is 9.59 Å². The highest BCUT2D eigenvalue weighted by atomic mass is 16.5. The Bertz CT molecular complexity index is 638. The number of primary amides is 1. The lowest BCUT2D eigenvalue weighted by molar-refractivity contribution is 0.0690. The molecule has 0 saturated carbocycles. The number of carboxylic acids is 1. The number of carboxylic acid groups (broad SMARTS) is 1. The van der Waals surface area contributed by atoms with Gasteiger partial charge in [0.25, 0.3) is 0 Å². The third-order valence-electron chi connectivity index (χ3n) is 2.47. The smallest absolute Gasteiger partial charge is 0.358 e. The number of carbonyl (C=O) groups is 2. The van der Waals surface area contributed by atoms with Crippen molar-refractivity contribution in [1.29, 1.82) is 0 Å². The van der Waals surface area contributed by atoms with Gasteiger partial charge in [-0.1, -0.05) is 11.3 Å². The van der Waals surface area contributed by atoms with Gasteiger partial charge in [-0.25, -0.2) is 9.48 Å². The average molecular weight is 276 g/mol. The van der Waals surface area contributed by atoms with E-state index in [2.05, 4.69) is 10.3 Å². The average Bonchev–Trinajstić information content (AvgIpc) is 2.88. The molecule has 104 valence electrons. The van der Waals surface area contributed by atoms with E-state index < -0.39 is 11.9 Å². The second kappa shape index (κ2) is 5.83. The molecule has 1 amide bonds. The van der Waals surface area contributed by atoms with Gasteiger partial charge in [-0.15, -0.1) is 5.10 Å². The maximum atomic E-state index is 11.0. The lowest BCUT2D eigenvalue weighted by Crippen LogP contribution is -2.12. The van der Waals surface area contributed by atoms with Crippen LogP contribution in [0.25, 0.3) is 0 Å². The topological polar surface area (TPSA) is 120 Å². The number of aromatic carboxylic acids is 1. The van der Waals surface area contributed by atoms with Crippen LogP contribution in [0.2, 0.25) is 0 Å². The van der Waals surface area contributed by atoms with Gasteiger partial charge in [-0.05, 0) is 18.2 Å². The van der Waals surface area contributed by atoms with E-state index in [0.717, 1.165) is 0 Å². The van der Waals surface area contributed by atoms with Crippen molar-refractivity contribution in [1.82, 2.24) is 15.0 Å². The van der Waals surface area contributed by atoms with Gasteiger partial charge in [0.15, 0.2) is 5.69 Å². The Morgan fingerprint density at radius 3 is 2.85 bits per heavy atom. The Hall–Kier alpha value is -2.90. The quantitative estimate of drug-likeness (QED) is 0.775. The van der Waals surface area contributed by atoms with Crippen LogP contribution in [0.5, 0.6) is 5.75 Å². The van der Waals surface area contributed by atoms with Crippen molar-refractivity contribution in [3.05, 3.63) is 41.7 Å². The molecular weight excluding hydrogens is 264 g/mol. The Morgan fingerprint density at radius 1 is 1.40 bits per heavy atom. The molecule has 0 aliphatic rings. The predicted molar refractivity (Wildman–Crippen MR) is 67.4 cm³/mol. The minimum Gasteiger partial charge on any atom is -0.492 e. The van der Waals surface area contributed by atoms with Crippen LogP contribution >= 0.6 is 0 Å². The van der Waals surface area contributed by atoms with Crippen molar-refractivity contribution in [2.24, 2.45) is 5.73 Å². The highest BCUT2D eigenvalue weighted by Crippen LogP contribution is 2.12. The fourth-order valence-electron chi connectivity index (χ4n) is 1.50. The van der Waals surface area contributed by atoms with E-state index in [-0.39, 0.29) is 12.3 Å². The minimum atomic E-state index is -1.13. The zero-order valence-corrected chi connectivity index (χ0v) is 10.4. The molecule has 0 aliphatic heterocycles. The number of amides is 1. The van der Waals surface area contributed by atoms with Crippen molar-refractivity contribution >= 4 is 11.9 Å². The van der Waals surface area contributed by atoms with Gasteiger partial charge in [-0.2, -0.15) is 0 Å². The van der Waals surface area contributed by atoms with Crippen LogP contribution in [0.15, 0.2) is 30.5 Å². The molecule has 1 heterocycles. The molecule has 3 N–H and O–H groups in total. The molecule has 0 fully saturated rings. The molecule has 0 spiro atoms. The summed E-state index contributed by atoms with van der Waals surface area (Å²) in [5.41, 5.74) is 5.39. The fourth-order valence-corrected chi connectivity index (χ4v) is 1.50. The van der Waals surface area contributed by atoms with Crippen LogP contribution in [-0.2, 0) is 6.54 Å². The molecule has 2 aromatic rings. The number of nitrogens with two attached hydrogens (primary N) is 1. The standard InChI is InChI=1S/C12H12N4O4/c13-11(17)8-2-1-3-9(6-8)20-5-4-16-7-10(12(18)19)14-15-16/h1-3,6-7H,4-5H2,(H2,13,17)(H,18,19). The number of ether oxygens (including phenoxy) is 1. The molecule has 20 heavy (non-hydrogen) atoms. The molecule has 0 radical (unpaired) electrons. The SMILES string of the molecule is NC(=O)c1cccc(OCCn2cc(C(=O)O)nn2)c1. The van der Waals surface area contributed by atoms with Crippen LogP contribution < -0.4 is 10.5 Å². The van der Waals surface area contributed by atoms with Crippen LogP contribution in [0.3, 0.4) is 0 Å². The summed E-state index contributed by atoms with van der Waals surface area (Å²) in [7, 11) is 0. The third kappa shape index (κ3) is 3.31. The number of nitrogens with zero attached hydrogens (tertiary/aromatic N) is 3. The normalized spacial score (nSPS) is 10.2. The summed E-state index contributed by atoms with van der Waals surface area (Å²) in [4.78, 5) is 21.6. The van der Waals surface area contributed by atoms with Crippen LogP contribution in [0.1, 0.15) is 20.8 Å². The first kappa shape index (κ1) is 13.5. The van der Waals surface area contributed by atoms with E-state index in [1.165, 1.54) is 16.9 Å². The van der Waals surface area contributed by atoms with Crippen molar-refractivity contribution in [2.75, 3.05) is 6.61 Å². The summed E-state index contributed by atoms with van der Waals surface area (Å²) < 4.78 is 6.79. The Labute approximate surface area is 113 Å². The van der Waals surface area contributed by atoms with Gasteiger partial charge in [-0.3, -0.25) is 4.79 Å². The maximum absolute atomic E-state index is 11.0. The zero-order valence-electron chi connectivity index (χ0n) is 10.4. The second-order valence-corrected chi connectivity index (χ2v) is 3.91. The lowest BCUT2D eigenvalue weighted by Gasteiger charge is -2.06. The van der Waals surface area contributed by atoms with Crippen molar-refractivity contribution in [2.45, 2.75) is 6.54 Å². The van der Waals surface area contributed by atoms with Crippen LogP contribution in [-0.4, -0.2) is 38.6 Å². The van der Waals surface area contributed by atoms with Gasteiger partial charge in [0.05, 0.1) is 12.7 Å². The van der Waals surface area contributed by atoms with Crippen LogP contribution in [0.4, 0.5) is 0 Å². The van der Waals surface area contributed by atoms with Crippen molar-refractivity contribution < 1.29 is 19.4 Å². The molecule has 8 nitrogen and oxygen atoms in total. The molecule has 0 bridgehead atoms. The second-order valence-electron chi connectivity index (χ2n) is 3.91. The van der Waals surface area contributed by atoms with Crippen molar-refractivity contribution in [3.8, 4) is 5.75 Å². The molecule has 1 aromatic heterocycles. The molecular formula is C12H12N4O4. The largest absolute Gasteiger partial charge is 0.492 e. The maximum Gasteiger partial charge on any atom is 0.358 e. The molecule has 1 aromatic carbocycles. The number of aromatic nitrogens is 3. The minimum absolute atomic E-state index is 0.124. The highest BCUT2D eigenvalue weighted by molar-refractivity contribution is 5.93. The fraction of sp³-hybridized carbons (Fsp3) is 0.167. The Morgan fingerprint density at radius 2 is 2.20 bits per heavy atom. The summed E-state index contributed by atoms with van der Waals surface area (Å²) >= 11 is 0. The summed E-state index contributed by atoms with van der Waals surface area (Å²) in [6.07, 6.45) is 1.31. The summed E-state index contributed by atoms with van der Waals surface area (Å²) in [6.45, 7) is 0.589. The van der Waals surface area contributed by atoms with E-state index in [4.69, 9.17) is 15.6 Å². The Kier molecular flexibility index (Phi) is 3.94. The predicted octanol–water partition coefficient (Wildman–Crippen LogP) is 0.154. The van der Waals surface area contributed by atoms with Crippen LogP contribution in [0, 0.1) is 0 Å². The molecule has 8 heteroatoms. The first-order valence-corrected chi connectivity index (χ1v) is 5.72. The third-order valence-corrected chi connectivity index (χ3v) is 2.47. The summed E-state index contributed by atoms with van der Waals surface area (Å²) in [5.74, 6) is -1.16. The molecule has 0 atom stereocenters. The zero-order chi connectivity index (χ0) is 14.5. The lowest BCUT2D eigenvalue weighted by atomic mass is 10.2. The number of hydrogen-bond acceptors (Lipinski definition) is 5. The molecule has 0 aliphatic carbocycles. The number of hydrogen-bond donors (Lipinski definition) is 2. The first-order chi connectivity index (χ1) is 9.56. The van der Waals surface area contributed by atoms with E-state index in [0.29, 0.717) is 17.9 Å². The monoisotopic (exact) mass is 276 g/mol. The van der Waals surface area contributed by atoms with Crippen molar-refractivity contribution in [3.63, 3.8) is 0 Å². The molecule has 0 unspecified atom stereocenters. The Balaban J connectivity index is 1.90. The first-order valence-electron chi connectivity index (χ1n) is 5.72. The summed E-state index contributed by atoms with van der Waals surface area (Å²) in [6, 6.07) is 6.47. The van der Waals surface area contributed by atoms with Gasteiger partial charge in [0.2, 0.25) is 5.91 Å². The molecule has 0 saturated heterocycles. The number of carbonyl (C=O) groups excluding carboxylic acids is 1. The van der Waals surface area contributed by atoms with Gasteiger partial charge in [0, 0.05) is 5.56 Å². The summed E-state index contributed by atoms with van der Waals surface area (Å²) in [5, 5.41) is 15.8. The van der Waals surface area contributed by atoms with E-state index in [1.807, 2.05) is 0 Å². The number of benzene rings is 1. The number of rotatable bonds is 6. The van der Waals surface area contributed by atoms with Gasteiger partial charge < -0.3 is 15.6 Å².